The topological polar surface area (TPSA) is 123 Å². The van der Waals surface area contributed by atoms with Gasteiger partial charge >= 0.3 is 0 Å². The fourth-order valence-electron chi connectivity index (χ4n) is 8.64. The Morgan fingerprint density at radius 1 is 1.02 bits per heavy atom. The number of phenols is 1. The molecule has 2 atom stereocenters. The molecule has 0 aliphatic carbocycles. The number of piperidine rings is 1. The molecule has 2 unspecified atom stereocenters. The van der Waals surface area contributed by atoms with Gasteiger partial charge in [0, 0.05) is 41.7 Å². The van der Waals surface area contributed by atoms with Gasteiger partial charge in [-0.3, -0.25) is 23.5 Å². The first kappa shape index (κ1) is 37.6. The number of hydrogen-bond acceptors (Lipinski definition) is 9. The van der Waals surface area contributed by atoms with Crippen LogP contribution in [0.5, 0.6) is 17.2 Å². The number of phenolic OH excluding ortho intramolecular Hbond substituents is 1. The zero-order valence-electron chi connectivity index (χ0n) is 32.9. The number of benzene rings is 4. The third-order valence-corrected chi connectivity index (χ3v) is 12.9. The number of rotatable bonds is 11. The molecule has 5 heterocycles. The first-order valence-electron chi connectivity index (χ1n) is 20.0. The smallest absolute Gasteiger partial charge is 0.262 e. The minimum absolute atomic E-state index is 0.0327. The summed E-state index contributed by atoms with van der Waals surface area (Å²) in [5.74, 6) is 2.57. The van der Waals surface area contributed by atoms with E-state index in [0.29, 0.717) is 65.9 Å². The van der Waals surface area contributed by atoms with Gasteiger partial charge in [-0.1, -0.05) is 61.5 Å². The minimum atomic E-state index is -0.138. The molecule has 1 amide bonds. The van der Waals surface area contributed by atoms with Crippen LogP contribution in [-0.4, -0.2) is 61.8 Å². The molecule has 296 valence electrons. The van der Waals surface area contributed by atoms with E-state index >= 15 is 0 Å². The average Bonchev–Trinajstić information content (AvgIpc) is 3.89. The molecular weight excluding hydrogens is 749 g/mol. The molecule has 9 rings (SSSR count). The van der Waals surface area contributed by atoms with Gasteiger partial charge in [-0.25, -0.2) is 0 Å². The Morgan fingerprint density at radius 3 is 2.74 bits per heavy atom. The summed E-state index contributed by atoms with van der Waals surface area (Å²) in [6.45, 7) is 7.78. The zero-order chi connectivity index (χ0) is 39.9. The van der Waals surface area contributed by atoms with Crippen LogP contribution in [0, 0.1) is 12.8 Å². The summed E-state index contributed by atoms with van der Waals surface area (Å²) in [4.78, 5) is 31.7. The van der Waals surface area contributed by atoms with Crippen molar-refractivity contribution in [1.82, 2.24) is 29.4 Å². The Kier molecular flexibility index (Phi) is 10.2. The van der Waals surface area contributed by atoms with E-state index in [1.54, 1.807) is 34.1 Å². The van der Waals surface area contributed by atoms with E-state index in [2.05, 4.69) is 64.6 Å². The van der Waals surface area contributed by atoms with Gasteiger partial charge in [-0.15, -0.1) is 21.5 Å². The van der Waals surface area contributed by atoms with Crippen LogP contribution in [0.4, 0.5) is 0 Å². The molecule has 1 fully saturated rings. The van der Waals surface area contributed by atoms with Crippen molar-refractivity contribution in [2.75, 3.05) is 26.7 Å². The highest BCUT2D eigenvalue weighted by Crippen LogP contribution is 2.44. The Labute approximate surface area is 340 Å². The lowest BCUT2D eigenvalue weighted by molar-refractivity contribution is 0.0945. The summed E-state index contributed by atoms with van der Waals surface area (Å²) in [7, 11) is 1.51. The number of aromatic nitrogens is 4. The van der Waals surface area contributed by atoms with Crippen LogP contribution in [0.15, 0.2) is 95.8 Å². The van der Waals surface area contributed by atoms with Crippen molar-refractivity contribution in [3.8, 4) is 39.1 Å². The van der Waals surface area contributed by atoms with Gasteiger partial charge in [0.15, 0.2) is 17.3 Å². The Bertz CT molecular complexity index is 2740. The molecular formula is C46H46N6O5S. The van der Waals surface area contributed by atoms with Crippen LogP contribution in [-0.2, 0) is 19.6 Å². The third kappa shape index (κ3) is 6.90. The summed E-state index contributed by atoms with van der Waals surface area (Å²) in [6.07, 6.45) is 3.66. The molecule has 1 saturated heterocycles. The molecule has 4 aromatic carbocycles. The maximum Gasteiger partial charge on any atom is 0.262 e. The van der Waals surface area contributed by atoms with Gasteiger partial charge in [-0.2, -0.15) is 0 Å². The van der Waals surface area contributed by atoms with Crippen LogP contribution in [0.25, 0.3) is 38.5 Å². The van der Waals surface area contributed by atoms with E-state index < -0.39 is 0 Å². The number of methoxy groups -OCH3 is 1. The largest absolute Gasteiger partial charge is 0.504 e. The highest BCUT2D eigenvalue weighted by molar-refractivity contribution is 7.17. The van der Waals surface area contributed by atoms with Crippen molar-refractivity contribution in [2.24, 2.45) is 5.92 Å². The highest BCUT2D eigenvalue weighted by atomic mass is 32.1. The number of ether oxygens (including phenoxy) is 2. The summed E-state index contributed by atoms with van der Waals surface area (Å²) in [6, 6.07) is 29.7. The lowest BCUT2D eigenvalue weighted by Gasteiger charge is -2.39. The van der Waals surface area contributed by atoms with E-state index in [9.17, 15) is 14.7 Å². The molecule has 2 N–H and O–H groups in total. The lowest BCUT2D eigenvalue weighted by atomic mass is 9.87. The average molecular weight is 795 g/mol. The van der Waals surface area contributed by atoms with E-state index in [-0.39, 0.29) is 23.3 Å². The summed E-state index contributed by atoms with van der Waals surface area (Å²) in [5, 5.41) is 23.7. The van der Waals surface area contributed by atoms with Crippen LogP contribution >= 0.6 is 11.3 Å². The molecule has 0 bridgehead atoms. The maximum absolute atomic E-state index is 14.0. The molecule has 0 saturated carbocycles. The number of nitrogens with zero attached hydrogens (tertiary/aromatic N) is 5. The van der Waals surface area contributed by atoms with Gasteiger partial charge in [0.2, 0.25) is 5.78 Å². The fraction of sp³-hybridized carbons (Fsp3) is 0.304. The molecule has 3 aromatic heterocycles. The summed E-state index contributed by atoms with van der Waals surface area (Å²) >= 11 is 1.55. The molecule has 58 heavy (non-hydrogen) atoms. The Morgan fingerprint density at radius 2 is 1.86 bits per heavy atom. The first-order chi connectivity index (χ1) is 28.3. The van der Waals surface area contributed by atoms with Crippen LogP contribution in [0.1, 0.15) is 64.2 Å². The Hall–Kier alpha value is -5.98. The van der Waals surface area contributed by atoms with Crippen LogP contribution in [0.2, 0.25) is 0 Å². The van der Waals surface area contributed by atoms with E-state index in [1.807, 2.05) is 46.9 Å². The second-order valence-electron chi connectivity index (χ2n) is 15.5. The highest BCUT2D eigenvalue weighted by Gasteiger charge is 2.28. The first-order valence-corrected chi connectivity index (χ1v) is 20.8. The van der Waals surface area contributed by atoms with E-state index in [4.69, 9.17) is 9.47 Å². The minimum Gasteiger partial charge on any atom is -0.504 e. The number of carbonyl (C=O) groups excluding carboxylic acids is 1. The number of amides is 1. The van der Waals surface area contributed by atoms with Crippen molar-refractivity contribution in [2.45, 2.75) is 58.7 Å². The van der Waals surface area contributed by atoms with Gasteiger partial charge in [0.1, 0.15) is 12.4 Å². The summed E-state index contributed by atoms with van der Waals surface area (Å²) in [5.41, 5.74) is 6.70. The lowest BCUT2D eigenvalue weighted by Crippen LogP contribution is -2.38. The molecule has 7 aromatic rings. The van der Waals surface area contributed by atoms with Crippen LogP contribution < -0.4 is 20.3 Å². The molecule has 2 aliphatic heterocycles. The maximum atomic E-state index is 14.0. The van der Waals surface area contributed by atoms with Crippen molar-refractivity contribution < 1.29 is 19.4 Å². The van der Waals surface area contributed by atoms with Crippen molar-refractivity contribution >= 4 is 33.9 Å². The predicted molar refractivity (Wildman–Crippen MR) is 227 cm³/mol. The number of hydrogen-bond donors (Lipinski definition) is 2. The molecule has 0 spiro atoms. The quantitative estimate of drug-likeness (QED) is 0.126. The normalized spacial score (nSPS) is 16.5. The van der Waals surface area contributed by atoms with Crippen molar-refractivity contribution in [3.05, 3.63) is 128 Å². The summed E-state index contributed by atoms with van der Waals surface area (Å²) < 4.78 is 14.9. The van der Waals surface area contributed by atoms with E-state index in [1.165, 1.54) is 12.7 Å². The monoisotopic (exact) mass is 794 g/mol. The second kappa shape index (κ2) is 15.8. The molecule has 0 radical (unpaired) electrons. The number of thiophene rings is 1. The van der Waals surface area contributed by atoms with E-state index in [0.717, 1.165) is 70.1 Å². The van der Waals surface area contributed by atoms with Gasteiger partial charge in [0.25, 0.3) is 11.5 Å². The molecule has 2 aliphatic rings. The van der Waals surface area contributed by atoms with Gasteiger partial charge in [-0.05, 0) is 98.2 Å². The number of fused-ring (bicyclic) bond motifs is 6. The number of nitrogens with one attached hydrogen (secondary N) is 1. The zero-order valence-corrected chi connectivity index (χ0v) is 33.7. The number of carbonyl (C=O) groups is 1. The van der Waals surface area contributed by atoms with Gasteiger partial charge < -0.3 is 19.9 Å². The standard InChI is InChI=1S/C46H46N6O5S/c1-28-18-22-50(21-9-20-47-44(54)39-26-32-27-57-37-16-6-10-29(2)40(37)42(32)58-39)36(24-28)31-12-7-11-30(25-31)19-23-51-45(55)33-13-4-5-15-35(33)52-43(48-49-46(51)52)34-14-8-17-38(56-3)41(34)53/h4-8,10-17,25-26,28,36,53H,9,18-24,27H2,1-3H3,(H,47,54). The second-order valence-corrected chi connectivity index (χ2v) is 16.5. The van der Waals surface area contributed by atoms with Crippen molar-refractivity contribution in [3.63, 3.8) is 0 Å². The molecule has 11 nitrogen and oxygen atoms in total. The number of para-hydroxylation sites is 2. The van der Waals surface area contributed by atoms with Crippen molar-refractivity contribution in [1.29, 1.82) is 0 Å². The number of aromatic hydroxyl groups is 1. The fourth-order valence-corrected chi connectivity index (χ4v) is 9.84. The van der Waals surface area contributed by atoms with Crippen LogP contribution in [0.3, 0.4) is 0 Å². The number of likely N-dealkylation sites (tertiary alicyclic amines) is 1. The SMILES string of the molecule is COc1cccc(-c2nnc3n(CCc4cccc(C5CC(C)CCN5CCCNC(=O)c5cc6c(s5)-c5c(C)cccc5OC6)c4)c(=O)c4ccccc4n23)c1O. The molecule has 12 heteroatoms. The number of aryl methyl sites for hydroxylation is 3. The predicted octanol–water partition coefficient (Wildman–Crippen LogP) is 8.19. The van der Waals surface area contributed by atoms with Gasteiger partial charge in [0.05, 0.1) is 28.5 Å². The Balaban J connectivity index is 0.898. The third-order valence-electron chi connectivity index (χ3n) is 11.7.